The summed E-state index contributed by atoms with van der Waals surface area (Å²) in [4.78, 5) is 17.5. The number of carbonyl (C=O) groups is 1. The number of hydrogen-bond acceptors (Lipinski definition) is 7. The van der Waals surface area contributed by atoms with Gasteiger partial charge >= 0.3 is 5.97 Å². The van der Waals surface area contributed by atoms with Gasteiger partial charge in [-0.3, -0.25) is 0 Å². The summed E-state index contributed by atoms with van der Waals surface area (Å²) in [6.45, 7) is 4.47. The van der Waals surface area contributed by atoms with Gasteiger partial charge < -0.3 is 19.5 Å². The van der Waals surface area contributed by atoms with Gasteiger partial charge in [-0.1, -0.05) is 36.4 Å². The molecule has 160 valence electrons. The number of aromatic nitrogens is 3. The molecule has 0 saturated heterocycles. The first-order chi connectivity index (χ1) is 15.2. The number of esters is 1. The number of methoxy groups -OCH3 is 1. The molecule has 1 N–H and O–H groups in total. The summed E-state index contributed by atoms with van der Waals surface area (Å²) in [5, 5.41) is 7.63. The Bertz CT molecular complexity index is 1110. The van der Waals surface area contributed by atoms with Crippen LogP contribution in [0.2, 0.25) is 0 Å². The third-order valence-corrected chi connectivity index (χ3v) is 4.96. The van der Waals surface area contributed by atoms with E-state index in [9.17, 15) is 4.79 Å². The Balaban J connectivity index is 1.93. The second-order valence-corrected chi connectivity index (χ2v) is 6.77. The molecule has 2 heterocycles. The van der Waals surface area contributed by atoms with E-state index in [-0.39, 0.29) is 6.61 Å². The first kappa shape index (κ1) is 20.5. The average Bonchev–Trinajstić information content (AvgIpc) is 3.27. The second-order valence-electron chi connectivity index (χ2n) is 6.77. The fraction of sp³-hybridized carbons (Fsp3) is 0.261. The smallest absolute Gasteiger partial charge is 0.338 e. The molecule has 4 rings (SSSR count). The van der Waals surface area contributed by atoms with E-state index in [0.29, 0.717) is 35.3 Å². The lowest BCUT2D eigenvalue weighted by molar-refractivity contribution is -0.138. The first-order valence-electron chi connectivity index (χ1n) is 10.1. The van der Waals surface area contributed by atoms with Crippen molar-refractivity contribution in [2.75, 3.05) is 25.6 Å². The molecule has 2 aromatic carbocycles. The number of anilines is 1. The van der Waals surface area contributed by atoms with Gasteiger partial charge in [0.2, 0.25) is 5.95 Å². The number of nitrogens with zero attached hydrogens (tertiary/aromatic N) is 3. The molecule has 0 spiro atoms. The molecule has 1 unspecified atom stereocenters. The van der Waals surface area contributed by atoms with Crippen molar-refractivity contribution in [3.05, 3.63) is 71.6 Å². The lowest BCUT2D eigenvalue weighted by atomic mass is 9.92. The van der Waals surface area contributed by atoms with Crippen LogP contribution in [-0.2, 0) is 9.53 Å². The maximum atomic E-state index is 13.2. The van der Waals surface area contributed by atoms with Crippen LogP contribution in [0.1, 0.15) is 31.0 Å². The highest BCUT2D eigenvalue weighted by atomic mass is 16.5. The first-order valence-corrected chi connectivity index (χ1v) is 10.1. The molecule has 1 atom stereocenters. The predicted octanol–water partition coefficient (Wildman–Crippen LogP) is 3.67. The molecule has 0 amide bonds. The highest BCUT2D eigenvalue weighted by Crippen LogP contribution is 2.41. The van der Waals surface area contributed by atoms with Gasteiger partial charge in [-0.15, -0.1) is 0 Å². The summed E-state index contributed by atoms with van der Waals surface area (Å²) in [6, 6.07) is 14.7. The standard InChI is InChI=1S/C23H24N4O4/c1-4-30-17-12-11-16(13-18(17)29-3)21-19(22(28)31-5-2)20(15-9-7-6-8-10-15)26-23-24-14-25-27(21)23/h6-14,21H,4-5H2,1-3H3,(H,24,25,26). The molecule has 1 aliphatic heterocycles. The fourth-order valence-corrected chi connectivity index (χ4v) is 3.66. The Hall–Kier alpha value is -3.81. The molecule has 3 aromatic rings. The number of carbonyl (C=O) groups excluding carboxylic acids is 1. The molecule has 1 aromatic heterocycles. The third kappa shape index (κ3) is 3.84. The predicted molar refractivity (Wildman–Crippen MR) is 116 cm³/mol. The minimum Gasteiger partial charge on any atom is -0.493 e. The van der Waals surface area contributed by atoms with Crippen molar-refractivity contribution in [3.8, 4) is 11.5 Å². The van der Waals surface area contributed by atoms with Gasteiger partial charge in [-0.05, 0) is 37.1 Å². The zero-order chi connectivity index (χ0) is 21.8. The van der Waals surface area contributed by atoms with E-state index in [1.807, 2.05) is 55.5 Å². The van der Waals surface area contributed by atoms with Crippen molar-refractivity contribution in [3.63, 3.8) is 0 Å². The molecule has 8 heteroatoms. The van der Waals surface area contributed by atoms with Crippen molar-refractivity contribution >= 4 is 17.6 Å². The molecule has 0 aliphatic carbocycles. The van der Waals surface area contributed by atoms with Gasteiger partial charge in [0.05, 0.1) is 31.6 Å². The van der Waals surface area contributed by atoms with Gasteiger partial charge in [0.15, 0.2) is 11.5 Å². The maximum absolute atomic E-state index is 13.2. The topological polar surface area (TPSA) is 87.5 Å². The summed E-state index contributed by atoms with van der Waals surface area (Å²) < 4.78 is 18.3. The molecular weight excluding hydrogens is 396 g/mol. The Morgan fingerprint density at radius 3 is 2.61 bits per heavy atom. The normalized spacial score (nSPS) is 15.1. The zero-order valence-electron chi connectivity index (χ0n) is 17.7. The van der Waals surface area contributed by atoms with E-state index in [1.165, 1.54) is 6.33 Å². The van der Waals surface area contributed by atoms with E-state index >= 15 is 0 Å². The lowest BCUT2D eigenvalue weighted by Crippen LogP contribution is -2.30. The summed E-state index contributed by atoms with van der Waals surface area (Å²) >= 11 is 0. The summed E-state index contributed by atoms with van der Waals surface area (Å²) in [5.41, 5.74) is 2.72. The second kappa shape index (κ2) is 8.91. The molecule has 0 saturated carbocycles. The number of fused-ring (bicyclic) bond motifs is 1. The van der Waals surface area contributed by atoms with Crippen LogP contribution < -0.4 is 14.8 Å². The molecule has 31 heavy (non-hydrogen) atoms. The Morgan fingerprint density at radius 2 is 1.90 bits per heavy atom. The van der Waals surface area contributed by atoms with E-state index in [4.69, 9.17) is 14.2 Å². The number of ether oxygens (including phenoxy) is 3. The van der Waals surface area contributed by atoms with Gasteiger partial charge in [0, 0.05) is 0 Å². The van der Waals surface area contributed by atoms with E-state index in [1.54, 1.807) is 18.7 Å². The van der Waals surface area contributed by atoms with Crippen LogP contribution in [0.5, 0.6) is 11.5 Å². The SMILES string of the molecule is CCOC(=O)C1=C(c2ccccc2)Nc2ncnn2C1c1ccc(OCC)c(OC)c1. The van der Waals surface area contributed by atoms with Crippen LogP contribution in [0.4, 0.5) is 5.95 Å². The fourth-order valence-electron chi connectivity index (χ4n) is 3.66. The van der Waals surface area contributed by atoms with E-state index in [0.717, 1.165) is 11.1 Å². The molecule has 8 nitrogen and oxygen atoms in total. The van der Waals surface area contributed by atoms with E-state index in [2.05, 4.69) is 15.4 Å². The summed E-state index contributed by atoms with van der Waals surface area (Å²) in [7, 11) is 1.59. The Morgan fingerprint density at radius 1 is 1.10 bits per heavy atom. The molecule has 0 radical (unpaired) electrons. The van der Waals surface area contributed by atoms with Crippen LogP contribution >= 0.6 is 0 Å². The van der Waals surface area contributed by atoms with Crippen molar-refractivity contribution in [1.82, 2.24) is 14.8 Å². The van der Waals surface area contributed by atoms with Crippen LogP contribution in [0.15, 0.2) is 60.4 Å². The van der Waals surface area contributed by atoms with Crippen LogP contribution in [-0.4, -0.2) is 41.1 Å². The lowest BCUT2D eigenvalue weighted by Gasteiger charge is -2.30. The largest absolute Gasteiger partial charge is 0.493 e. The van der Waals surface area contributed by atoms with Crippen molar-refractivity contribution in [1.29, 1.82) is 0 Å². The molecule has 0 bridgehead atoms. The molecule has 1 aliphatic rings. The van der Waals surface area contributed by atoms with Crippen molar-refractivity contribution in [2.24, 2.45) is 0 Å². The van der Waals surface area contributed by atoms with Crippen LogP contribution in [0, 0.1) is 0 Å². The monoisotopic (exact) mass is 420 g/mol. The Kier molecular flexibility index (Phi) is 5.88. The highest BCUT2D eigenvalue weighted by Gasteiger charge is 2.36. The summed E-state index contributed by atoms with van der Waals surface area (Å²) in [5.74, 6) is 1.31. The molecule has 0 fully saturated rings. The highest BCUT2D eigenvalue weighted by molar-refractivity contribution is 6.02. The van der Waals surface area contributed by atoms with Crippen LogP contribution in [0.25, 0.3) is 5.70 Å². The summed E-state index contributed by atoms with van der Waals surface area (Å²) in [6.07, 6.45) is 1.46. The number of hydrogen-bond donors (Lipinski definition) is 1. The van der Waals surface area contributed by atoms with Gasteiger partial charge in [-0.25, -0.2) is 9.48 Å². The van der Waals surface area contributed by atoms with Gasteiger partial charge in [0.1, 0.15) is 12.4 Å². The zero-order valence-corrected chi connectivity index (χ0v) is 17.7. The molecular formula is C23H24N4O4. The van der Waals surface area contributed by atoms with Crippen molar-refractivity contribution < 1.29 is 19.0 Å². The average molecular weight is 420 g/mol. The minimum absolute atomic E-state index is 0.258. The van der Waals surface area contributed by atoms with Crippen LogP contribution in [0.3, 0.4) is 0 Å². The quantitative estimate of drug-likeness (QED) is 0.584. The van der Waals surface area contributed by atoms with E-state index < -0.39 is 12.0 Å². The van der Waals surface area contributed by atoms with Gasteiger partial charge in [-0.2, -0.15) is 10.1 Å². The van der Waals surface area contributed by atoms with Crippen molar-refractivity contribution in [2.45, 2.75) is 19.9 Å². The number of rotatable bonds is 7. The number of benzene rings is 2. The van der Waals surface area contributed by atoms with Gasteiger partial charge in [0.25, 0.3) is 0 Å². The Labute approximate surface area is 180 Å². The maximum Gasteiger partial charge on any atom is 0.338 e. The third-order valence-electron chi connectivity index (χ3n) is 4.96. The minimum atomic E-state index is -0.558. The number of nitrogens with one attached hydrogen (secondary N) is 1.